The number of hydrogen-bond acceptors (Lipinski definition) is 6. The molecule has 1 saturated heterocycles. The Kier molecular flexibility index (Phi) is 9.84. The number of likely N-dealkylation sites (tertiary alicyclic amines) is 1. The maximum atomic E-state index is 13.1. The minimum absolute atomic E-state index is 0.0168. The fraction of sp³-hybridized carbons (Fsp3) is 0.714. The second kappa shape index (κ2) is 12.6. The van der Waals surface area contributed by atoms with Crippen molar-refractivity contribution >= 4 is 11.9 Å². The summed E-state index contributed by atoms with van der Waals surface area (Å²) in [6, 6.07) is 2.63. The molecule has 3 N–H and O–H groups in total. The molecule has 1 heterocycles. The number of phenolic OH excluding ortho intramolecular Hbond substituents is 2. The average Bonchev–Trinajstić information content (AvgIpc) is 3.31. The molecule has 1 saturated carbocycles. The Hall–Kier alpha value is -2.28. The van der Waals surface area contributed by atoms with Crippen molar-refractivity contribution in [2.24, 2.45) is 11.8 Å². The van der Waals surface area contributed by atoms with Gasteiger partial charge in [0.05, 0.1) is 5.56 Å². The van der Waals surface area contributed by atoms with Gasteiger partial charge < -0.3 is 25.2 Å². The molecule has 1 aliphatic heterocycles. The Morgan fingerprint density at radius 2 is 1.69 bits per heavy atom. The lowest BCUT2D eigenvalue weighted by Gasteiger charge is -2.32. The fourth-order valence-corrected chi connectivity index (χ4v) is 5.27. The topological polar surface area (TPSA) is 99.1 Å². The third-order valence-electron chi connectivity index (χ3n) is 7.42. The van der Waals surface area contributed by atoms with E-state index in [4.69, 9.17) is 4.74 Å². The van der Waals surface area contributed by atoms with Crippen molar-refractivity contribution in [1.82, 2.24) is 10.2 Å². The molecule has 0 radical (unpaired) electrons. The second-order valence-corrected chi connectivity index (χ2v) is 11.1. The van der Waals surface area contributed by atoms with E-state index in [0.29, 0.717) is 30.5 Å². The summed E-state index contributed by atoms with van der Waals surface area (Å²) < 4.78 is 5.76. The van der Waals surface area contributed by atoms with E-state index in [0.717, 1.165) is 57.9 Å². The number of piperidine rings is 1. The van der Waals surface area contributed by atoms with E-state index in [2.05, 4.69) is 19.2 Å². The standard InChI is InChI=1S/C28H44N2O5/c1-18(2)15-24(28(34)35-21-7-5-6-8-21)29-12-9-20-10-13-30(14-11-20)27(33)23-16-22(19(3)4)25(31)17-26(23)32/h16-21,24,29,31-32H,5-15H2,1-4H3. The van der Waals surface area contributed by atoms with Gasteiger partial charge in [-0.25, -0.2) is 0 Å². The number of carbonyl (C=O) groups excluding carboxylic acids is 2. The number of amides is 1. The maximum absolute atomic E-state index is 13.1. The number of phenols is 2. The Balaban J connectivity index is 1.47. The fourth-order valence-electron chi connectivity index (χ4n) is 5.27. The molecule has 2 fully saturated rings. The van der Waals surface area contributed by atoms with Gasteiger partial charge in [-0.15, -0.1) is 0 Å². The van der Waals surface area contributed by atoms with Gasteiger partial charge in [-0.3, -0.25) is 9.59 Å². The smallest absolute Gasteiger partial charge is 0.323 e. The van der Waals surface area contributed by atoms with Crippen molar-refractivity contribution in [3.8, 4) is 11.5 Å². The van der Waals surface area contributed by atoms with E-state index >= 15 is 0 Å². The summed E-state index contributed by atoms with van der Waals surface area (Å²) in [5, 5.41) is 23.8. The number of ether oxygens (including phenoxy) is 1. The molecule has 1 aromatic rings. The highest BCUT2D eigenvalue weighted by Gasteiger charge is 2.28. The van der Waals surface area contributed by atoms with Crippen LogP contribution in [0.3, 0.4) is 0 Å². The number of carbonyl (C=O) groups is 2. The van der Waals surface area contributed by atoms with Crippen molar-refractivity contribution in [2.45, 2.75) is 97.1 Å². The summed E-state index contributed by atoms with van der Waals surface area (Å²) in [5.41, 5.74) is 0.915. The summed E-state index contributed by atoms with van der Waals surface area (Å²) in [6.45, 7) is 10.2. The van der Waals surface area contributed by atoms with Crippen molar-refractivity contribution in [3.05, 3.63) is 23.3 Å². The van der Waals surface area contributed by atoms with Crippen LogP contribution in [0.2, 0.25) is 0 Å². The molecular formula is C28H44N2O5. The molecule has 3 rings (SSSR count). The minimum Gasteiger partial charge on any atom is -0.508 e. The molecule has 1 amide bonds. The Morgan fingerprint density at radius 1 is 1.03 bits per heavy atom. The van der Waals surface area contributed by atoms with Crippen LogP contribution < -0.4 is 5.32 Å². The van der Waals surface area contributed by atoms with Gasteiger partial charge in [0.1, 0.15) is 23.6 Å². The lowest BCUT2D eigenvalue weighted by atomic mass is 9.92. The van der Waals surface area contributed by atoms with Crippen molar-refractivity contribution in [1.29, 1.82) is 0 Å². The minimum atomic E-state index is -0.259. The number of aromatic hydroxyl groups is 2. The summed E-state index contributed by atoms with van der Waals surface area (Å²) in [7, 11) is 0. The number of nitrogens with zero attached hydrogens (tertiary/aromatic N) is 1. The van der Waals surface area contributed by atoms with Gasteiger partial charge in [-0.1, -0.05) is 27.7 Å². The SMILES string of the molecule is CC(C)CC(NCCC1CCN(C(=O)c2cc(C(C)C)c(O)cc2O)CC1)C(=O)OC1CCCC1. The molecule has 7 nitrogen and oxygen atoms in total. The predicted octanol–water partition coefficient (Wildman–Crippen LogP) is 4.95. The van der Waals surface area contributed by atoms with Crippen LogP contribution in [0, 0.1) is 11.8 Å². The Labute approximate surface area is 210 Å². The first-order chi connectivity index (χ1) is 16.7. The largest absolute Gasteiger partial charge is 0.508 e. The number of hydrogen-bond donors (Lipinski definition) is 3. The monoisotopic (exact) mass is 488 g/mol. The number of rotatable bonds is 10. The van der Waals surface area contributed by atoms with E-state index in [1.807, 2.05) is 13.8 Å². The second-order valence-electron chi connectivity index (χ2n) is 11.1. The molecule has 2 aliphatic rings. The van der Waals surface area contributed by atoms with E-state index < -0.39 is 0 Å². The van der Waals surface area contributed by atoms with Gasteiger partial charge in [0.25, 0.3) is 5.91 Å². The van der Waals surface area contributed by atoms with Gasteiger partial charge in [0, 0.05) is 19.2 Å². The first-order valence-electron chi connectivity index (χ1n) is 13.4. The quantitative estimate of drug-likeness (QED) is 0.403. The lowest BCUT2D eigenvalue weighted by molar-refractivity contribution is -0.151. The summed E-state index contributed by atoms with van der Waals surface area (Å²) in [5.74, 6) is 0.484. The first kappa shape index (κ1) is 27.3. The first-order valence-corrected chi connectivity index (χ1v) is 13.4. The van der Waals surface area contributed by atoms with Crippen molar-refractivity contribution in [2.75, 3.05) is 19.6 Å². The van der Waals surface area contributed by atoms with Gasteiger partial charge in [-0.05, 0) is 87.3 Å². The van der Waals surface area contributed by atoms with Crippen molar-refractivity contribution in [3.63, 3.8) is 0 Å². The van der Waals surface area contributed by atoms with Crippen LogP contribution in [-0.2, 0) is 9.53 Å². The highest BCUT2D eigenvalue weighted by atomic mass is 16.5. The molecule has 0 bridgehead atoms. The van der Waals surface area contributed by atoms with Crippen LogP contribution in [0.4, 0.5) is 0 Å². The molecule has 1 aliphatic carbocycles. The number of esters is 1. The maximum Gasteiger partial charge on any atom is 0.323 e. The molecule has 196 valence electrons. The number of nitrogens with one attached hydrogen (secondary N) is 1. The molecule has 1 aromatic carbocycles. The van der Waals surface area contributed by atoms with Crippen LogP contribution in [0.1, 0.15) is 101 Å². The van der Waals surface area contributed by atoms with E-state index in [9.17, 15) is 19.8 Å². The highest BCUT2D eigenvalue weighted by molar-refractivity contribution is 5.97. The zero-order valence-corrected chi connectivity index (χ0v) is 21.9. The van der Waals surface area contributed by atoms with Crippen LogP contribution >= 0.6 is 0 Å². The third kappa shape index (κ3) is 7.60. The van der Waals surface area contributed by atoms with Crippen molar-refractivity contribution < 1.29 is 24.5 Å². The molecule has 35 heavy (non-hydrogen) atoms. The molecule has 0 spiro atoms. The van der Waals surface area contributed by atoms with Crippen LogP contribution in [-0.4, -0.2) is 58.8 Å². The summed E-state index contributed by atoms with van der Waals surface area (Å²) in [4.78, 5) is 27.6. The van der Waals surface area contributed by atoms with E-state index in [1.165, 1.54) is 6.07 Å². The Morgan fingerprint density at radius 3 is 2.29 bits per heavy atom. The normalized spacial score (nSPS) is 18.4. The number of benzene rings is 1. The summed E-state index contributed by atoms with van der Waals surface area (Å²) >= 11 is 0. The molecule has 1 unspecified atom stereocenters. The lowest BCUT2D eigenvalue weighted by Crippen LogP contribution is -2.42. The third-order valence-corrected chi connectivity index (χ3v) is 7.42. The van der Waals surface area contributed by atoms with Gasteiger partial charge in [0.15, 0.2) is 0 Å². The zero-order valence-electron chi connectivity index (χ0n) is 21.9. The summed E-state index contributed by atoms with van der Waals surface area (Å²) in [6.07, 6.45) is 7.86. The molecule has 1 atom stereocenters. The molecular weight excluding hydrogens is 444 g/mol. The van der Waals surface area contributed by atoms with E-state index in [-0.39, 0.29) is 47.0 Å². The van der Waals surface area contributed by atoms with Crippen LogP contribution in [0.15, 0.2) is 12.1 Å². The van der Waals surface area contributed by atoms with Gasteiger partial charge >= 0.3 is 5.97 Å². The van der Waals surface area contributed by atoms with E-state index in [1.54, 1.807) is 11.0 Å². The molecule has 7 heteroatoms. The van der Waals surface area contributed by atoms with Crippen LogP contribution in [0.5, 0.6) is 11.5 Å². The highest BCUT2D eigenvalue weighted by Crippen LogP contribution is 2.33. The zero-order chi connectivity index (χ0) is 25.5. The van der Waals surface area contributed by atoms with Gasteiger partial charge in [0.2, 0.25) is 0 Å². The van der Waals surface area contributed by atoms with Gasteiger partial charge in [-0.2, -0.15) is 0 Å². The molecule has 0 aromatic heterocycles. The predicted molar refractivity (Wildman–Crippen MR) is 137 cm³/mol. The Bertz CT molecular complexity index is 855. The van der Waals surface area contributed by atoms with Crippen LogP contribution in [0.25, 0.3) is 0 Å². The average molecular weight is 489 g/mol.